The molecule has 1 N–H and O–H groups in total. The van der Waals surface area contributed by atoms with E-state index in [9.17, 15) is 0 Å². The molecular formula is C18H36N2. The van der Waals surface area contributed by atoms with E-state index < -0.39 is 0 Å². The molecule has 20 heavy (non-hydrogen) atoms. The summed E-state index contributed by atoms with van der Waals surface area (Å²) in [5.41, 5.74) is 0.544. The smallest absolute Gasteiger partial charge is 0.0247 e. The van der Waals surface area contributed by atoms with E-state index in [-0.39, 0.29) is 0 Å². The Morgan fingerprint density at radius 3 is 2.35 bits per heavy atom. The van der Waals surface area contributed by atoms with Gasteiger partial charge >= 0.3 is 0 Å². The highest BCUT2D eigenvalue weighted by atomic mass is 15.3. The van der Waals surface area contributed by atoms with Crippen molar-refractivity contribution in [3.63, 3.8) is 0 Å². The van der Waals surface area contributed by atoms with Crippen molar-refractivity contribution in [3.8, 4) is 0 Å². The fraction of sp³-hybridized carbons (Fsp3) is 1.00. The van der Waals surface area contributed by atoms with E-state index in [0.29, 0.717) is 11.5 Å². The van der Waals surface area contributed by atoms with Crippen LogP contribution in [0.3, 0.4) is 0 Å². The van der Waals surface area contributed by atoms with E-state index in [2.05, 4.69) is 51.8 Å². The van der Waals surface area contributed by atoms with Crippen molar-refractivity contribution in [2.24, 2.45) is 17.3 Å². The van der Waals surface area contributed by atoms with Crippen LogP contribution in [0, 0.1) is 17.3 Å². The van der Waals surface area contributed by atoms with Crippen LogP contribution >= 0.6 is 0 Å². The predicted octanol–water partition coefficient (Wildman–Crippen LogP) is 3.91. The van der Waals surface area contributed by atoms with Gasteiger partial charge in [-0.2, -0.15) is 0 Å². The van der Waals surface area contributed by atoms with Crippen molar-refractivity contribution in [1.82, 2.24) is 10.2 Å². The molecule has 2 rings (SSSR count). The monoisotopic (exact) mass is 280 g/mol. The lowest BCUT2D eigenvalue weighted by Gasteiger charge is -2.50. The lowest BCUT2D eigenvalue weighted by Crippen LogP contribution is -2.63. The molecule has 0 spiro atoms. The van der Waals surface area contributed by atoms with Gasteiger partial charge in [0.25, 0.3) is 0 Å². The first-order valence-electron chi connectivity index (χ1n) is 8.79. The third-order valence-electron chi connectivity index (χ3n) is 5.65. The van der Waals surface area contributed by atoms with Crippen LogP contribution in [0.5, 0.6) is 0 Å². The molecule has 1 aliphatic carbocycles. The number of hydrogen-bond acceptors (Lipinski definition) is 2. The highest BCUT2D eigenvalue weighted by Crippen LogP contribution is 2.39. The predicted molar refractivity (Wildman–Crippen MR) is 88.0 cm³/mol. The first-order chi connectivity index (χ1) is 9.30. The summed E-state index contributed by atoms with van der Waals surface area (Å²) in [4.78, 5) is 2.88. The van der Waals surface area contributed by atoms with E-state index in [1.54, 1.807) is 0 Å². The Hall–Kier alpha value is -0.0800. The molecule has 1 aliphatic heterocycles. The van der Waals surface area contributed by atoms with Gasteiger partial charge in [-0.3, -0.25) is 4.90 Å². The summed E-state index contributed by atoms with van der Waals surface area (Å²) < 4.78 is 0. The Kier molecular flexibility index (Phi) is 5.18. The summed E-state index contributed by atoms with van der Waals surface area (Å²) in [6, 6.07) is 2.22. The first-order valence-corrected chi connectivity index (χ1v) is 8.79. The van der Waals surface area contributed by atoms with Crippen molar-refractivity contribution in [1.29, 1.82) is 0 Å². The Bertz CT molecular complexity index is 309. The Morgan fingerprint density at radius 2 is 1.80 bits per heavy atom. The van der Waals surface area contributed by atoms with Crippen molar-refractivity contribution in [2.45, 2.75) is 85.4 Å². The molecule has 0 aromatic carbocycles. The number of nitrogens with one attached hydrogen (secondary N) is 1. The lowest BCUT2D eigenvalue weighted by molar-refractivity contribution is 0.00752. The third-order valence-corrected chi connectivity index (χ3v) is 5.65. The zero-order valence-electron chi connectivity index (χ0n) is 14.6. The van der Waals surface area contributed by atoms with Crippen LogP contribution in [-0.2, 0) is 0 Å². The molecule has 1 heterocycles. The van der Waals surface area contributed by atoms with Gasteiger partial charge in [0.05, 0.1) is 0 Å². The zero-order valence-corrected chi connectivity index (χ0v) is 14.6. The Morgan fingerprint density at radius 1 is 1.10 bits per heavy atom. The zero-order chi connectivity index (χ0) is 14.9. The largest absolute Gasteiger partial charge is 0.311 e. The standard InChI is InChI=1S/C18H36N2/c1-13(2)16-12-20(17(11-19-16)14(3)4)15-8-7-9-18(5,6)10-15/h13-17,19H,7-12H2,1-6H3. The maximum atomic E-state index is 3.80. The molecular weight excluding hydrogens is 244 g/mol. The van der Waals surface area contributed by atoms with Crippen molar-refractivity contribution >= 4 is 0 Å². The van der Waals surface area contributed by atoms with Gasteiger partial charge in [-0.05, 0) is 36.5 Å². The van der Waals surface area contributed by atoms with Gasteiger partial charge in [0.1, 0.15) is 0 Å². The molecule has 118 valence electrons. The second-order valence-corrected chi connectivity index (χ2v) is 8.68. The van der Waals surface area contributed by atoms with Crippen LogP contribution < -0.4 is 5.32 Å². The molecule has 2 aliphatic rings. The van der Waals surface area contributed by atoms with Crippen LogP contribution in [0.2, 0.25) is 0 Å². The van der Waals surface area contributed by atoms with Crippen LogP contribution in [0.4, 0.5) is 0 Å². The third kappa shape index (κ3) is 3.76. The molecule has 0 radical (unpaired) electrons. The summed E-state index contributed by atoms with van der Waals surface area (Å²) in [6.07, 6.45) is 5.63. The van der Waals surface area contributed by atoms with Gasteiger partial charge in [-0.25, -0.2) is 0 Å². The maximum Gasteiger partial charge on any atom is 0.0247 e. The van der Waals surface area contributed by atoms with E-state index in [0.717, 1.165) is 23.9 Å². The lowest BCUT2D eigenvalue weighted by atomic mass is 9.74. The molecule has 0 bridgehead atoms. The van der Waals surface area contributed by atoms with Gasteiger partial charge in [0, 0.05) is 31.2 Å². The molecule has 1 saturated carbocycles. The number of rotatable bonds is 3. The van der Waals surface area contributed by atoms with Gasteiger partial charge in [-0.15, -0.1) is 0 Å². The molecule has 1 saturated heterocycles. The fourth-order valence-corrected chi connectivity index (χ4v) is 4.24. The van der Waals surface area contributed by atoms with Crippen LogP contribution in [0.1, 0.15) is 67.2 Å². The van der Waals surface area contributed by atoms with E-state index in [1.807, 2.05) is 0 Å². The van der Waals surface area contributed by atoms with Crippen molar-refractivity contribution < 1.29 is 0 Å². The summed E-state index contributed by atoms with van der Waals surface area (Å²) in [5.74, 6) is 1.49. The summed E-state index contributed by atoms with van der Waals surface area (Å²) in [7, 11) is 0. The second-order valence-electron chi connectivity index (χ2n) is 8.68. The van der Waals surface area contributed by atoms with Crippen LogP contribution in [0.15, 0.2) is 0 Å². The fourth-order valence-electron chi connectivity index (χ4n) is 4.24. The van der Waals surface area contributed by atoms with Crippen molar-refractivity contribution in [3.05, 3.63) is 0 Å². The Balaban J connectivity index is 2.10. The molecule has 0 aromatic heterocycles. The SMILES string of the molecule is CC(C)C1CN(C2CCCC(C)(C)C2)C(C(C)C)CN1. The van der Waals surface area contributed by atoms with Crippen molar-refractivity contribution in [2.75, 3.05) is 13.1 Å². The van der Waals surface area contributed by atoms with E-state index in [4.69, 9.17) is 0 Å². The first kappa shape index (κ1) is 16.3. The number of piperazine rings is 1. The topological polar surface area (TPSA) is 15.3 Å². The minimum Gasteiger partial charge on any atom is -0.311 e. The average Bonchev–Trinajstić information content (AvgIpc) is 2.36. The maximum absolute atomic E-state index is 3.80. The molecule has 0 aromatic rings. The van der Waals surface area contributed by atoms with Gasteiger partial charge < -0.3 is 5.32 Å². The highest BCUT2D eigenvalue weighted by Gasteiger charge is 2.38. The Labute approximate surface area is 126 Å². The van der Waals surface area contributed by atoms with E-state index >= 15 is 0 Å². The van der Waals surface area contributed by atoms with E-state index in [1.165, 1.54) is 38.8 Å². The van der Waals surface area contributed by atoms with Crippen LogP contribution in [0.25, 0.3) is 0 Å². The minimum atomic E-state index is 0.544. The minimum absolute atomic E-state index is 0.544. The van der Waals surface area contributed by atoms with Gasteiger partial charge in [-0.1, -0.05) is 48.0 Å². The normalized spacial score (nSPS) is 35.7. The molecule has 0 amide bonds. The average molecular weight is 280 g/mol. The second kappa shape index (κ2) is 6.36. The summed E-state index contributed by atoms with van der Waals surface area (Å²) in [6.45, 7) is 16.9. The number of hydrogen-bond donors (Lipinski definition) is 1. The molecule has 3 unspecified atom stereocenters. The molecule has 2 nitrogen and oxygen atoms in total. The quantitative estimate of drug-likeness (QED) is 0.843. The molecule has 2 fully saturated rings. The molecule has 2 heteroatoms. The number of nitrogens with zero attached hydrogens (tertiary/aromatic N) is 1. The van der Waals surface area contributed by atoms with Gasteiger partial charge in [0.2, 0.25) is 0 Å². The molecule has 3 atom stereocenters. The summed E-state index contributed by atoms with van der Waals surface area (Å²) >= 11 is 0. The van der Waals surface area contributed by atoms with Crippen LogP contribution in [-0.4, -0.2) is 36.1 Å². The van der Waals surface area contributed by atoms with Gasteiger partial charge in [0.15, 0.2) is 0 Å². The summed E-state index contributed by atoms with van der Waals surface area (Å²) in [5, 5.41) is 3.80. The highest BCUT2D eigenvalue weighted by molar-refractivity contribution is 4.95.